The molecule has 2 fully saturated rings. The molecule has 216 valence electrons. The van der Waals surface area contributed by atoms with Gasteiger partial charge in [-0.25, -0.2) is 0 Å². The normalized spacial score (nSPS) is 39.2. The molecule has 2 aliphatic heterocycles. The lowest BCUT2D eigenvalue weighted by Crippen LogP contribution is -2.57. The molecule has 2 rings (SSSR count). The van der Waals surface area contributed by atoms with Crippen molar-refractivity contribution in [2.45, 2.75) is 111 Å². The second-order valence-corrected chi connectivity index (χ2v) is 12.5. The molecule has 2 aliphatic rings. The molecule has 0 amide bonds. The quantitative estimate of drug-likeness (QED) is 0.432. The average Bonchev–Trinajstić information content (AvgIpc) is 2.84. The standard InChI is InChI=1S/C29H54N2O6/c1-16-14-34-25(22(7)27(32)33)21(6)26(29(9,35-15-16)13-17(2)19(4)23(8)30)37-28-20(5)24(31(10)11)12-18(3)36-28/h17-26,28H,1,12-15,30H2,2-11H3,(H,32,33)/t17-,18-,19+,20-,21+,22-,23+,24+,25+,26-,28+,29+/m1/s1. The summed E-state index contributed by atoms with van der Waals surface area (Å²) in [5.74, 6) is -1.29. The third kappa shape index (κ3) is 7.99. The van der Waals surface area contributed by atoms with E-state index in [9.17, 15) is 9.90 Å². The van der Waals surface area contributed by atoms with E-state index in [1.807, 2.05) is 13.8 Å². The minimum Gasteiger partial charge on any atom is -0.481 e. The highest BCUT2D eigenvalue weighted by molar-refractivity contribution is 5.70. The molecule has 8 heteroatoms. The van der Waals surface area contributed by atoms with E-state index < -0.39 is 36.0 Å². The summed E-state index contributed by atoms with van der Waals surface area (Å²) in [5, 5.41) is 9.92. The number of hydrogen-bond donors (Lipinski definition) is 2. The van der Waals surface area contributed by atoms with Crippen LogP contribution in [0, 0.1) is 29.6 Å². The van der Waals surface area contributed by atoms with Crippen LogP contribution < -0.4 is 5.73 Å². The molecule has 3 N–H and O–H groups in total. The Morgan fingerprint density at radius 2 is 1.81 bits per heavy atom. The van der Waals surface area contributed by atoms with Gasteiger partial charge in [-0.2, -0.15) is 0 Å². The van der Waals surface area contributed by atoms with Crippen molar-refractivity contribution in [3.63, 3.8) is 0 Å². The fourth-order valence-electron chi connectivity index (χ4n) is 6.14. The van der Waals surface area contributed by atoms with Gasteiger partial charge in [0.05, 0.1) is 43.0 Å². The van der Waals surface area contributed by atoms with Gasteiger partial charge in [0, 0.05) is 23.9 Å². The highest BCUT2D eigenvalue weighted by Crippen LogP contribution is 2.41. The van der Waals surface area contributed by atoms with Gasteiger partial charge in [0.15, 0.2) is 6.29 Å². The highest BCUT2D eigenvalue weighted by atomic mass is 16.7. The maximum atomic E-state index is 12.1. The predicted octanol–water partition coefficient (Wildman–Crippen LogP) is 4.17. The molecule has 0 unspecified atom stereocenters. The molecule has 0 aromatic carbocycles. The summed E-state index contributed by atoms with van der Waals surface area (Å²) in [4.78, 5) is 14.3. The lowest BCUT2D eigenvalue weighted by atomic mass is 9.74. The molecule has 2 heterocycles. The zero-order valence-electron chi connectivity index (χ0n) is 24.9. The second-order valence-electron chi connectivity index (χ2n) is 12.5. The second kappa shape index (κ2) is 13.4. The smallest absolute Gasteiger partial charge is 0.308 e. The van der Waals surface area contributed by atoms with Gasteiger partial charge in [0.1, 0.15) is 0 Å². The first kappa shape index (κ1) is 32.2. The Kier molecular flexibility index (Phi) is 11.6. The Balaban J connectivity index is 2.54. The third-order valence-electron chi connectivity index (χ3n) is 8.94. The molecular weight excluding hydrogens is 472 g/mol. The first-order chi connectivity index (χ1) is 17.1. The van der Waals surface area contributed by atoms with Crippen LogP contribution in [-0.2, 0) is 23.7 Å². The van der Waals surface area contributed by atoms with E-state index in [0.717, 1.165) is 12.0 Å². The number of hydrogen-bond acceptors (Lipinski definition) is 7. The molecule has 0 aromatic heterocycles. The molecule has 0 aromatic rings. The SMILES string of the molecule is C=C1CO[C@H]([C@@H](C)C(=O)O)[C@H](C)[C@@H](O[C@@H]2O[C@H](C)C[C@H](N(C)C)[C@H]2C)[C@](C)(C[C@@H](C)[C@H](C)[C@H](C)N)OC1. The largest absolute Gasteiger partial charge is 0.481 e. The molecule has 0 bridgehead atoms. The number of carboxylic acids is 1. The molecule has 0 saturated carbocycles. The van der Waals surface area contributed by atoms with Crippen molar-refractivity contribution in [2.75, 3.05) is 27.3 Å². The van der Waals surface area contributed by atoms with E-state index in [0.29, 0.717) is 19.1 Å². The van der Waals surface area contributed by atoms with Crippen LogP contribution in [0.2, 0.25) is 0 Å². The summed E-state index contributed by atoms with van der Waals surface area (Å²) < 4.78 is 26.2. The maximum Gasteiger partial charge on any atom is 0.308 e. The van der Waals surface area contributed by atoms with Gasteiger partial charge in [0.25, 0.3) is 0 Å². The number of nitrogens with two attached hydrogens (primary N) is 1. The summed E-state index contributed by atoms with van der Waals surface area (Å²) in [6.07, 6.45) is 0.134. The first-order valence-electron chi connectivity index (χ1n) is 14.0. The number of carbonyl (C=O) groups is 1. The summed E-state index contributed by atoms with van der Waals surface area (Å²) in [6, 6.07) is 0.336. The van der Waals surface area contributed by atoms with Gasteiger partial charge in [-0.3, -0.25) is 4.79 Å². The zero-order valence-corrected chi connectivity index (χ0v) is 24.9. The molecule has 0 aliphatic carbocycles. The zero-order chi connectivity index (χ0) is 28.2. The molecule has 2 saturated heterocycles. The number of ether oxygens (including phenoxy) is 4. The van der Waals surface area contributed by atoms with E-state index >= 15 is 0 Å². The van der Waals surface area contributed by atoms with Crippen molar-refractivity contribution >= 4 is 5.97 Å². The molecule has 0 radical (unpaired) electrons. The lowest BCUT2D eigenvalue weighted by molar-refractivity contribution is -0.289. The molecule has 8 nitrogen and oxygen atoms in total. The van der Waals surface area contributed by atoms with Crippen LogP contribution >= 0.6 is 0 Å². The van der Waals surface area contributed by atoms with E-state index in [1.165, 1.54) is 0 Å². The van der Waals surface area contributed by atoms with E-state index in [4.69, 9.17) is 24.7 Å². The summed E-state index contributed by atoms with van der Waals surface area (Å²) in [5.41, 5.74) is 6.31. The maximum absolute atomic E-state index is 12.1. The van der Waals surface area contributed by atoms with Crippen LogP contribution in [0.3, 0.4) is 0 Å². The molecule has 0 spiro atoms. The third-order valence-corrected chi connectivity index (χ3v) is 8.94. The van der Waals surface area contributed by atoms with Crippen molar-refractivity contribution in [1.29, 1.82) is 0 Å². The van der Waals surface area contributed by atoms with Crippen molar-refractivity contribution in [3.8, 4) is 0 Å². The predicted molar refractivity (Wildman–Crippen MR) is 146 cm³/mol. The number of nitrogens with zero attached hydrogens (tertiary/aromatic N) is 1. The monoisotopic (exact) mass is 526 g/mol. The van der Waals surface area contributed by atoms with E-state index in [2.05, 4.69) is 60.2 Å². The van der Waals surface area contributed by atoms with Crippen molar-refractivity contribution in [2.24, 2.45) is 35.3 Å². The Bertz CT molecular complexity index is 761. The van der Waals surface area contributed by atoms with Crippen LogP contribution in [-0.4, -0.2) is 85.6 Å². The van der Waals surface area contributed by atoms with Crippen LogP contribution in [0.4, 0.5) is 0 Å². The Labute approximate surface area is 225 Å². The molecule has 12 atom stereocenters. The van der Waals surface area contributed by atoms with E-state index in [1.54, 1.807) is 6.92 Å². The van der Waals surface area contributed by atoms with Gasteiger partial charge < -0.3 is 34.7 Å². The van der Waals surface area contributed by atoms with Crippen molar-refractivity contribution in [1.82, 2.24) is 4.90 Å². The van der Waals surface area contributed by atoms with Crippen molar-refractivity contribution in [3.05, 3.63) is 12.2 Å². The minimum atomic E-state index is -0.898. The number of rotatable bonds is 9. The van der Waals surface area contributed by atoms with Crippen molar-refractivity contribution < 1.29 is 28.8 Å². The Hall–Kier alpha value is -1.03. The van der Waals surface area contributed by atoms with Gasteiger partial charge in [-0.15, -0.1) is 0 Å². The van der Waals surface area contributed by atoms with Crippen LogP contribution in [0.25, 0.3) is 0 Å². The Morgan fingerprint density at radius 3 is 2.35 bits per heavy atom. The summed E-state index contributed by atoms with van der Waals surface area (Å²) >= 11 is 0. The van der Waals surface area contributed by atoms with Gasteiger partial charge >= 0.3 is 5.97 Å². The van der Waals surface area contributed by atoms with E-state index in [-0.39, 0.29) is 42.4 Å². The topological polar surface area (TPSA) is 103 Å². The fourth-order valence-corrected chi connectivity index (χ4v) is 6.14. The lowest BCUT2D eigenvalue weighted by Gasteiger charge is -2.49. The summed E-state index contributed by atoms with van der Waals surface area (Å²) in [7, 11) is 4.18. The van der Waals surface area contributed by atoms with Crippen LogP contribution in [0.1, 0.15) is 68.2 Å². The molecule has 37 heavy (non-hydrogen) atoms. The molecular formula is C29H54N2O6. The average molecular weight is 527 g/mol. The first-order valence-corrected chi connectivity index (χ1v) is 14.0. The van der Waals surface area contributed by atoms with Crippen LogP contribution in [0.15, 0.2) is 12.2 Å². The minimum absolute atomic E-state index is 0.0354. The Morgan fingerprint density at radius 1 is 1.19 bits per heavy atom. The number of carboxylic acid groups (broad SMARTS) is 1. The van der Waals surface area contributed by atoms with Crippen LogP contribution in [0.5, 0.6) is 0 Å². The van der Waals surface area contributed by atoms with Gasteiger partial charge in [0.2, 0.25) is 0 Å². The van der Waals surface area contributed by atoms with Gasteiger partial charge in [-0.05, 0) is 72.0 Å². The fraction of sp³-hybridized carbons (Fsp3) is 0.897. The highest BCUT2D eigenvalue weighted by Gasteiger charge is 2.49. The summed E-state index contributed by atoms with van der Waals surface area (Å²) in [6.45, 7) is 21.1. The number of aliphatic carboxylic acids is 1. The van der Waals surface area contributed by atoms with Gasteiger partial charge in [-0.1, -0.05) is 34.3 Å².